The highest BCUT2D eigenvalue weighted by atomic mass is 16.5. The van der Waals surface area contributed by atoms with Crippen molar-refractivity contribution in [1.82, 2.24) is 15.5 Å². The molecule has 5 heteroatoms. The number of carbonyl (C=O) groups excluding carboxylic acids is 1. The number of hydrogen-bond donors (Lipinski definition) is 2. The third-order valence-corrected chi connectivity index (χ3v) is 4.55. The van der Waals surface area contributed by atoms with Crippen molar-refractivity contribution in [2.24, 2.45) is 0 Å². The molecule has 1 heterocycles. The Kier molecular flexibility index (Phi) is 7.47. The minimum absolute atomic E-state index is 0.0865. The lowest BCUT2D eigenvalue weighted by atomic mass is 9.95. The second-order valence-electron chi connectivity index (χ2n) is 6.33. The molecule has 1 atom stereocenters. The molecule has 5 nitrogen and oxygen atoms in total. The molecule has 0 radical (unpaired) electrons. The van der Waals surface area contributed by atoms with Gasteiger partial charge < -0.3 is 15.4 Å². The predicted octanol–water partition coefficient (Wildman–Crippen LogP) is 1.14. The lowest BCUT2D eigenvalue weighted by molar-refractivity contribution is -0.123. The molecule has 2 aliphatic rings. The van der Waals surface area contributed by atoms with Gasteiger partial charge >= 0.3 is 0 Å². The molecule has 1 amide bonds. The van der Waals surface area contributed by atoms with Crippen LogP contribution < -0.4 is 10.6 Å². The van der Waals surface area contributed by atoms with E-state index in [0.29, 0.717) is 6.04 Å². The van der Waals surface area contributed by atoms with Crippen LogP contribution in [0.5, 0.6) is 0 Å². The third-order valence-electron chi connectivity index (χ3n) is 4.55. The molecular formula is C16H31N3O2. The standard InChI is InChI=1S/C16H31N3O2/c1-14(16(20)18-15-6-3-2-4-7-15)17-8-5-9-19-10-12-21-13-11-19/h14-15,17H,2-13H2,1H3,(H,18,20)/t14-/m0/s1. The van der Waals surface area contributed by atoms with E-state index in [4.69, 9.17) is 4.74 Å². The summed E-state index contributed by atoms with van der Waals surface area (Å²) in [5.74, 6) is 0.160. The predicted molar refractivity (Wildman–Crippen MR) is 84.4 cm³/mol. The van der Waals surface area contributed by atoms with E-state index in [1.165, 1.54) is 19.3 Å². The van der Waals surface area contributed by atoms with E-state index in [1.807, 2.05) is 6.92 Å². The van der Waals surface area contributed by atoms with E-state index in [2.05, 4.69) is 15.5 Å². The first-order valence-corrected chi connectivity index (χ1v) is 8.59. The second kappa shape index (κ2) is 9.38. The van der Waals surface area contributed by atoms with Crippen LogP contribution in [-0.2, 0) is 9.53 Å². The van der Waals surface area contributed by atoms with Crippen LogP contribution in [0.3, 0.4) is 0 Å². The van der Waals surface area contributed by atoms with Crippen molar-refractivity contribution < 1.29 is 9.53 Å². The van der Waals surface area contributed by atoms with Gasteiger partial charge in [-0.3, -0.25) is 9.69 Å². The van der Waals surface area contributed by atoms with Crippen LogP contribution in [0.15, 0.2) is 0 Å². The Labute approximate surface area is 128 Å². The molecule has 0 aromatic heterocycles. The van der Waals surface area contributed by atoms with Crippen LogP contribution in [0.4, 0.5) is 0 Å². The number of morpholine rings is 1. The minimum atomic E-state index is -0.0865. The Balaban J connectivity index is 1.53. The van der Waals surface area contributed by atoms with Gasteiger partial charge in [0.1, 0.15) is 0 Å². The number of carbonyl (C=O) groups is 1. The first-order valence-electron chi connectivity index (χ1n) is 8.59. The van der Waals surface area contributed by atoms with Crippen LogP contribution in [0.25, 0.3) is 0 Å². The molecule has 122 valence electrons. The molecule has 0 aromatic rings. The first-order chi connectivity index (χ1) is 10.3. The average molecular weight is 297 g/mol. The van der Waals surface area contributed by atoms with Gasteiger partial charge in [0.25, 0.3) is 0 Å². The van der Waals surface area contributed by atoms with Crippen LogP contribution in [0.1, 0.15) is 45.4 Å². The van der Waals surface area contributed by atoms with Crippen LogP contribution >= 0.6 is 0 Å². The summed E-state index contributed by atoms with van der Waals surface area (Å²) in [6.45, 7) is 7.74. The van der Waals surface area contributed by atoms with Gasteiger partial charge in [0.15, 0.2) is 0 Å². The van der Waals surface area contributed by atoms with E-state index in [0.717, 1.165) is 58.7 Å². The summed E-state index contributed by atoms with van der Waals surface area (Å²) in [5, 5.41) is 6.52. The summed E-state index contributed by atoms with van der Waals surface area (Å²) in [5.41, 5.74) is 0. The number of nitrogens with one attached hydrogen (secondary N) is 2. The van der Waals surface area contributed by atoms with Gasteiger partial charge in [-0.15, -0.1) is 0 Å². The van der Waals surface area contributed by atoms with E-state index in [-0.39, 0.29) is 11.9 Å². The van der Waals surface area contributed by atoms with Gasteiger partial charge in [-0.2, -0.15) is 0 Å². The summed E-state index contributed by atoms with van der Waals surface area (Å²) in [6, 6.07) is 0.320. The highest BCUT2D eigenvalue weighted by Crippen LogP contribution is 2.17. The Morgan fingerprint density at radius 1 is 1.24 bits per heavy atom. The molecule has 0 spiro atoms. The van der Waals surface area contributed by atoms with Crippen molar-refractivity contribution in [3.63, 3.8) is 0 Å². The van der Waals surface area contributed by atoms with Crippen LogP contribution in [-0.4, -0.2) is 62.3 Å². The summed E-state index contributed by atoms with van der Waals surface area (Å²) in [6.07, 6.45) is 7.21. The van der Waals surface area contributed by atoms with Crippen molar-refractivity contribution in [3.8, 4) is 0 Å². The quantitative estimate of drug-likeness (QED) is 0.692. The fourth-order valence-corrected chi connectivity index (χ4v) is 3.11. The highest BCUT2D eigenvalue weighted by molar-refractivity contribution is 5.81. The molecule has 0 unspecified atom stereocenters. The zero-order valence-electron chi connectivity index (χ0n) is 13.4. The molecule has 1 aliphatic carbocycles. The number of rotatable bonds is 7. The summed E-state index contributed by atoms with van der Waals surface area (Å²) in [4.78, 5) is 14.5. The normalized spacial score (nSPS) is 22.9. The summed E-state index contributed by atoms with van der Waals surface area (Å²) >= 11 is 0. The first kappa shape index (κ1) is 16.7. The van der Waals surface area contributed by atoms with Gasteiger partial charge in [0, 0.05) is 19.1 Å². The van der Waals surface area contributed by atoms with Crippen molar-refractivity contribution in [2.45, 2.75) is 57.5 Å². The Bertz CT molecular complexity index is 300. The molecule has 2 fully saturated rings. The van der Waals surface area contributed by atoms with Gasteiger partial charge in [-0.05, 0) is 39.3 Å². The number of ether oxygens (including phenoxy) is 1. The molecular weight excluding hydrogens is 266 g/mol. The molecule has 1 saturated heterocycles. The summed E-state index contributed by atoms with van der Waals surface area (Å²) in [7, 11) is 0. The number of nitrogens with zero attached hydrogens (tertiary/aromatic N) is 1. The van der Waals surface area contributed by atoms with E-state index < -0.39 is 0 Å². The van der Waals surface area contributed by atoms with Crippen molar-refractivity contribution in [2.75, 3.05) is 39.4 Å². The molecule has 21 heavy (non-hydrogen) atoms. The molecule has 2 rings (SSSR count). The monoisotopic (exact) mass is 297 g/mol. The number of amides is 1. The van der Waals surface area contributed by atoms with Crippen molar-refractivity contribution in [3.05, 3.63) is 0 Å². The zero-order valence-corrected chi connectivity index (χ0v) is 13.4. The van der Waals surface area contributed by atoms with Crippen molar-refractivity contribution in [1.29, 1.82) is 0 Å². The fourth-order valence-electron chi connectivity index (χ4n) is 3.11. The SMILES string of the molecule is C[C@H](NCCCN1CCOCC1)C(=O)NC1CCCCC1. The van der Waals surface area contributed by atoms with Crippen molar-refractivity contribution >= 4 is 5.91 Å². The minimum Gasteiger partial charge on any atom is -0.379 e. The van der Waals surface area contributed by atoms with Gasteiger partial charge in [-0.25, -0.2) is 0 Å². The second-order valence-corrected chi connectivity index (χ2v) is 6.33. The maximum absolute atomic E-state index is 12.1. The molecule has 1 saturated carbocycles. The zero-order chi connectivity index (χ0) is 14.9. The Morgan fingerprint density at radius 2 is 1.95 bits per heavy atom. The smallest absolute Gasteiger partial charge is 0.237 e. The topological polar surface area (TPSA) is 53.6 Å². The van der Waals surface area contributed by atoms with Gasteiger partial charge in [0.05, 0.1) is 19.3 Å². The molecule has 0 bridgehead atoms. The fraction of sp³-hybridized carbons (Fsp3) is 0.938. The molecule has 1 aliphatic heterocycles. The Morgan fingerprint density at radius 3 is 2.67 bits per heavy atom. The van der Waals surface area contributed by atoms with E-state index >= 15 is 0 Å². The lowest BCUT2D eigenvalue weighted by Crippen LogP contribution is -2.47. The Hall–Kier alpha value is -0.650. The van der Waals surface area contributed by atoms with Gasteiger partial charge in [-0.1, -0.05) is 19.3 Å². The summed E-state index contributed by atoms with van der Waals surface area (Å²) < 4.78 is 5.34. The molecule has 0 aromatic carbocycles. The lowest BCUT2D eigenvalue weighted by Gasteiger charge is -2.27. The van der Waals surface area contributed by atoms with Crippen LogP contribution in [0, 0.1) is 0 Å². The molecule has 2 N–H and O–H groups in total. The number of hydrogen-bond acceptors (Lipinski definition) is 4. The van der Waals surface area contributed by atoms with Gasteiger partial charge in [0.2, 0.25) is 5.91 Å². The van der Waals surface area contributed by atoms with Crippen LogP contribution in [0.2, 0.25) is 0 Å². The maximum Gasteiger partial charge on any atom is 0.237 e. The van der Waals surface area contributed by atoms with E-state index in [1.54, 1.807) is 0 Å². The maximum atomic E-state index is 12.1. The highest BCUT2D eigenvalue weighted by Gasteiger charge is 2.19. The average Bonchev–Trinajstić information content (AvgIpc) is 2.53. The van der Waals surface area contributed by atoms with E-state index in [9.17, 15) is 4.79 Å². The third kappa shape index (κ3) is 6.32. The largest absolute Gasteiger partial charge is 0.379 e.